The Morgan fingerprint density at radius 2 is 0.900 bits per heavy atom. The van der Waals surface area contributed by atoms with Crippen molar-refractivity contribution in [3.63, 3.8) is 0 Å². The number of rotatable bonds is 3. The van der Waals surface area contributed by atoms with Crippen LogP contribution in [0.1, 0.15) is 0 Å². The first-order valence-electron chi connectivity index (χ1n) is 16.6. The summed E-state index contributed by atoms with van der Waals surface area (Å²) in [6.45, 7) is 0. The van der Waals surface area contributed by atoms with Crippen molar-refractivity contribution in [3.8, 4) is 34.2 Å². The van der Waals surface area contributed by atoms with Gasteiger partial charge in [-0.25, -0.2) is 15.0 Å². The molecule has 0 radical (unpaired) electrons. The summed E-state index contributed by atoms with van der Waals surface area (Å²) in [5, 5.41) is 9.35. The molecule has 4 aromatic heterocycles. The summed E-state index contributed by atoms with van der Waals surface area (Å²) in [6.07, 6.45) is 1.85. The smallest absolute Gasteiger partial charge is 0.164 e. The van der Waals surface area contributed by atoms with Crippen molar-refractivity contribution in [2.24, 2.45) is 0 Å². The van der Waals surface area contributed by atoms with Gasteiger partial charge >= 0.3 is 0 Å². The zero-order chi connectivity index (χ0) is 32.8. The lowest BCUT2D eigenvalue weighted by Gasteiger charge is -2.14. The largest absolute Gasteiger partial charge is 0.456 e. The third-order valence-electron chi connectivity index (χ3n) is 9.76. The lowest BCUT2D eigenvalue weighted by atomic mass is 9.94. The highest BCUT2D eigenvalue weighted by molar-refractivity contribution is 6.22. The second-order valence-electron chi connectivity index (χ2n) is 12.6. The molecule has 0 bridgehead atoms. The summed E-state index contributed by atoms with van der Waals surface area (Å²) < 4.78 is 12.6. The van der Waals surface area contributed by atoms with Crippen molar-refractivity contribution in [2.75, 3.05) is 0 Å². The third kappa shape index (κ3) is 3.90. The number of nitrogens with zero attached hydrogens (tertiary/aromatic N) is 4. The standard InChI is InChI=1S/C44H24N4O2/c1-2-12-27-26(10-1)24-33(40-28(27)22-21-25-11-9-23-45-41(25)40)44-47-42(31-15-7-19-36-38(31)29-13-3-5-17-34(29)49-36)46-43(48-44)32-16-8-20-37-39(32)30-14-4-6-18-35(30)50-37/h1-24H. The molecule has 0 aliphatic carbocycles. The average Bonchev–Trinajstić information content (AvgIpc) is 3.76. The fourth-order valence-corrected chi connectivity index (χ4v) is 7.57. The van der Waals surface area contributed by atoms with Crippen LogP contribution < -0.4 is 0 Å². The molecule has 0 spiro atoms. The minimum absolute atomic E-state index is 0.557. The van der Waals surface area contributed by atoms with E-state index in [-0.39, 0.29) is 0 Å². The normalized spacial score (nSPS) is 12.0. The molecule has 11 aromatic rings. The highest BCUT2D eigenvalue weighted by Crippen LogP contribution is 2.42. The molecule has 0 fully saturated rings. The van der Waals surface area contributed by atoms with Crippen molar-refractivity contribution >= 4 is 76.3 Å². The van der Waals surface area contributed by atoms with Crippen LogP contribution in [0.2, 0.25) is 0 Å². The number of para-hydroxylation sites is 2. The lowest BCUT2D eigenvalue weighted by Crippen LogP contribution is -2.01. The summed E-state index contributed by atoms with van der Waals surface area (Å²) >= 11 is 0. The fraction of sp³-hybridized carbons (Fsp3) is 0. The Balaban J connectivity index is 1.30. The molecule has 11 rings (SSSR count). The van der Waals surface area contributed by atoms with Gasteiger partial charge in [0.1, 0.15) is 22.3 Å². The van der Waals surface area contributed by atoms with E-state index in [1.807, 2.05) is 72.9 Å². The van der Waals surface area contributed by atoms with Gasteiger partial charge in [0.2, 0.25) is 0 Å². The maximum absolute atomic E-state index is 6.30. The second-order valence-corrected chi connectivity index (χ2v) is 12.6. The Labute approximate surface area is 284 Å². The molecule has 7 aromatic carbocycles. The van der Waals surface area contributed by atoms with Gasteiger partial charge in [0.25, 0.3) is 0 Å². The zero-order valence-electron chi connectivity index (χ0n) is 26.5. The van der Waals surface area contributed by atoms with Gasteiger partial charge in [0.15, 0.2) is 17.5 Å². The van der Waals surface area contributed by atoms with Crippen LogP contribution in [0.15, 0.2) is 155 Å². The van der Waals surface area contributed by atoms with Crippen LogP contribution in [0.4, 0.5) is 0 Å². The molecule has 0 aliphatic rings. The molecule has 232 valence electrons. The molecule has 0 N–H and O–H groups in total. The van der Waals surface area contributed by atoms with Crippen LogP contribution >= 0.6 is 0 Å². The first-order valence-corrected chi connectivity index (χ1v) is 16.6. The molecular formula is C44H24N4O2. The molecule has 0 saturated carbocycles. The van der Waals surface area contributed by atoms with Crippen molar-refractivity contribution < 1.29 is 8.83 Å². The lowest BCUT2D eigenvalue weighted by molar-refractivity contribution is 0.668. The van der Waals surface area contributed by atoms with E-state index >= 15 is 0 Å². The molecular weight excluding hydrogens is 617 g/mol. The van der Waals surface area contributed by atoms with Crippen molar-refractivity contribution in [1.82, 2.24) is 19.9 Å². The van der Waals surface area contributed by atoms with E-state index in [1.54, 1.807) is 0 Å². The second kappa shape index (κ2) is 10.3. The molecule has 0 atom stereocenters. The average molecular weight is 641 g/mol. The first-order chi connectivity index (χ1) is 24.8. The van der Waals surface area contributed by atoms with Crippen molar-refractivity contribution in [1.29, 1.82) is 0 Å². The Kier molecular flexibility index (Phi) is 5.57. The number of furan rings is 2. The molecule has 6 heteroatoms. The monoisotopic (exact) mass is 640 g/mol. The van der Waals surface area contributed by atoms with E-state index in [2.05, 4.69) is 72.8 Å². The molecule has 0 saturated heterocycles. The SMILES string of the molecule is c1ccc2c(c1)cc(-c1nc(-c3cccc4oc5ccccc5c34)nc(-c3cccc4oc5ccccc5c34)n1)c1c2ccc2cccnc21. The summed E-state index contributed by atoms with van der Waals surface area (Å²) in [5.74, 6) is 1.68. The van der Waals surface area contributed by atoms with E-state index < -0.39 is 0 Å². The highest BCUT2D eigenvalue weighted by Gasteiger charge is 2.22. The minimum Gasteiger partial charge on any atom is -0.456 e. The molecule has 0 aliphatic heterocycles. The van der Waals surface area contributed by atoms with E-state index in [0.717, 1.165) is 93.0 Å². The van der Waals surface area contributed by atoms with Crippen molar-refractivity contribution in [2.45, 2.75) is 0 Å². The number of aromatic nitrogens is 4. The number of hydrogen-bond donors (Lipinski definition) is 0. The summed E-state index contributed by atoms with van der Waals surface area (Å²) in [5.41, 5.74) is 6.73. The predicted molar refractivity (Wildman–Crippen MR) is 201 cm³/mol. The Morgan fingerprint density at radius 3 is 1.56 bits per heavy atom. The minimum atomic E-state index is 0.557. The van der Waals surface area contributed by atoms with E-state index in [4.69, 9.17) is 28.8 Å². The Hall–Kier alpha value is -6.92. The van der Waals surface area contributed by atoms with Crippen LogP contribution in [-0.2, 0) is 0 Å². The van der Waals surface area contributed by atoms with Crippen LogP contribution in [0.3, 0.4) is 0 Å². The van der Waals surface area contributed by atoms with Crippen molar-refractivity contribution in [3.05, 3.63) is 146 Å². The van der Waals surface area contributed by atoms with Gasteiger partial charge in [0, 0.05) is 55.2 Å². The molecule has 0 amide bonds. The third-order valence-corrected chi connectivity index (χ3v) is 9.76. The Morgan fingerprint density at radius 1 is 0.360 bits per heavy atom. The summed E-state index contributed by atoms with van der Waals surface area (Å²) in [7, 11) is 0. The van der Waals surface area contributed by atoms with Gasteiger partial charge in [-0.3, -0.25) is 4.98 Å². The van der Waals surface area contributed by atoms with Crippen LogP contribution in [0.5, 0.6) is 0 Å². The topological polar surface area (TPSA) is 77.8 Å². The van der Waals surface area contributed by atoms with E-state index in [0.29, 0.717) is 17.5 Å². The summed E-state index contributed by atoms with van der Waals surface area (Å²) in [4.78, 5) is 20.8. The van der Waals surface area contributed by atoms with Crippen LogP contribution in [-0.4, -0.2) is 19.9 Å². The van der Waals surface area contributed by atoms with Gasteiger partial charge in [-0.05, 0) is 52.6 Å². The number of pyridine rings is 1. The fourth-order valence-electron chi connectivity index (χ4n) is 7.57. The van der Waals surface area contributed by atoms with E-state index in [9.17, 15) is 0 Å². The molecule has 50 heavy (non-hydrogen) atoms. The highest BCUT2D eigenvalue weighted by atomic mass is 16.3. The molecule has 0 unspecified atom stereocenters. The Bertz CT molecular complexity index is 3040. The quantitative estimate of drug-likeness (QED) is 0.179. The van der Waals surface area contributed by atoms with Gasteiger partial charge in [-0.15, -0.1) is 0 Å². The molecule has 6 nitrogen and oxygen atoms in total. The number of fused-ring (bicyclic) bond motifs is 11. The molecule has 4 heterocycles. The first kappa shape index (κ1) is 27.1. The van der Waals surface area contributed by atoms with Crippen LogP contribution in [0, 0.1) is 0 Å². The maximum atomic E-state index is 6.30. The summed E-state index contributed by atoms with van der Waals surface area (Å²) in [6, 6.07) is 47.3. The number of benzene rings is 7. The number of hydrogen-bond acceptors (Lipinski definition) is 6. The predicted octanol–water partition coefficient (Wildman–Crippen LogP) is 11.5. The zero-order valence-corrected chi connectivity index (χ0v) is 26.5. The van der Waals surface area contributed by atoms with Gasteiger partial charge in [0.05, 0.1) is 5.52 Å². The van der Waals surface area contributed by atoms with Gasteiger partial charge in [-0.2, -0.15) is 0 Å². The van der Waals surface area contributed by atoms with E-state index in [1.165, 1.54) is 0 Å². The maximum Gasteiger partial charge on any atom is 0.164 e. The van der Waals surface area contributed by atoms with Gasteiger partial charge < -0.3 is 8.83 Å². The van der Waals surface area contributed by atoms with Gasteiger partial charge in [-0.1, -0.05) is 103 Å². The van der Waals surface area contributed by atoms with Crippen LogP contribution in [0.25, 0.3) is 110 Å².